The van der Waals surface area contributed by atoms with Gasteiger partial charge in [0.15, 0.2) is 5.60 Å². The zero-order valence-electron chi connectivity index (χ0n) is 17.3. The second-order valence-electron chi connectivity index (χ2n) is 8.13. The van der Waals surface area contributed by atoms with E-state index in [1.807, 2.05) is 29.2 Å². The minimum atomic E-state index is -0.960. The molecule has 2 heterocycles. The highest BCUT2D eigenvalue weighted by atomic mass is 19.1. The normalized spacial score (nSPS) is 18.1. The Labute approximate surface area is 175 Å². The van der Waals surface area contributed by atoms with E-state index in [0.29, 0.717) is 44.2 Å². The first-order chi connectivity index (χ1) is 14.3. The summed E-state index contributed by atoms with van der Waals surface area (Å²) in [5, 5.41) is 0. The highest BCUT2D eigenvalue weighted by molar-refractivity contribution is 6.02. The van der Waals surface area contributed by atoms with Crippen molar-refractivity contribution in [3.63, 3.8) is 0 Å². The third-order valence-electron chi connectivity index (χ3n) is 5.65. The molecule has 0 bridgehead atoms. The van der Waals surface area contributed by atoms with Gasteiger partial charge in [-0.05, 0) is 50.2 Å². The number of benzene rings is 2. The van der Waals surface area contributed by atoms with E-state index < -0.39 is 5.60 Å². The Morgan fingerprint density at radius 3 is 2.40 bits per heavy atom. The van der Waals surface area contributed by atoms with Crippen molar-refractivity contribution in [2.45, 2.75) is 25.9 Å². The van der Waals surface area contributed by atoms with Crippen molar-refractivity contribution in [2.24, 2.45) is 0 Å². The number of carbonyl (C=O) groups is 2. The van der Waals surface area contributed by atoms with Crippen LogP contribution in [-0.4, -0.2) is 55.0 Å². The van der Waals surface area contributed by atoms with Crippen LogP contribution in [-0.2, 0) is 9.59 Å². The van der Waals surface area contributed by atoms with Crippen molar-refractivity contribution in [1.29, 1.82) is 0 Å². The zero-order chi connectivity index (χ0) is 21.3. The van der Waals surface area contributed by atoms with Gasteiger partial charge in [-0.2, -0.15) is 0 Å². The molecule has 1 fully saturated rings. The fraction of sp³-hybridized carbons (Fsp3) is 0.391. The maximum Gasteiger partial charge on any atom is 0.270 e. The first-order valence-corrected chi connectivity index (χ1v) is 10.2. The Bertz CT molecular complexity index is 937. The van der Waals surface area contributed by atoms with Gasteiger partial charge in [-0.15, -0.1) is 0 Å². The Morgan fingerprint density at radius 1 is 1.03 bits per heavy atom. The van der Waals surface area contributed by atoms with Crippen LogP contribution in [0.4, 0.5) is 15.8 Å². The summed E-state index contributed by atoms with van der Waals surface area (Å²) in [4.78, 5) is 31.3. The van der Waals surface area contributed by atoms with Gasteiger partial charge in [-0.25, -0.2) is 4.39 Å². The molecular weight excluding hydrogens is 385 g/mol. The Balaban J connectivity index is 1.36. The van der Waals surface area contributed by atoms with Gasteiger partial charge in [0.2, 0.25) is 5.91 Å². The molecule has 2 aromatic rings. The lowest BCUT2D eigenvalue weighted by atomic mass is 10.0. The second kappa shape index (κ2) is 7.97. The van der Waals surface area contributed by atoms with Crippen LogP contribution in [0.2, 0.25) is 0 Å². The lowest BCUT2D eigenvalue weighted by Crippen LogP contribution is -2.54. The molecule has 0 aromatic heterocycles. The van der Waals surface area contributed by atoms with Gasteiger partial charge in [-0.3, -0.25) is 9.59 Å². The lowest BCUT2D eigenvalue weighted by molar-refractivity contribution is -0.133. The number of anilines is 2. The van der Waals surface area contributed by atoms with Crippen LogP contribution in [0.25, 0.3) is 0 Å². The standard InChI is InChI=1S/C23H26FN3O3/c1-23(2)22(29)27(19-5-3-4-6-20(19)30-23)12-11-21(28)26-15-13-25(14-16-26)18-9-7-17(24)8-10-18/h3-10H,11-16H2,1-2H3. The number of nitrogens with zero attached hydrogens (tertiary/aromatic N) is 3. The van der Waals surface area contributed by atoms with Gasteiger partial charge < -0.3 is 19.4 Å². The third kappa shape index (κ3) is 3.97. The molecule has 4 rings (SSSR count). The molecule has 30 heavy (non-hydrogen) atoms. The fourth-order valence-electron chi connectivity index (χ4n) is 3.97. The number of piperazine rings is 1. The summed E-state index contributed by atoms with van der Waals surface area (Å²) in [6.07, 6.45) is 0.257. The minimum Gasteiger partial charge on any atom is -0.476 e. The maximum absolute atomic E-state index is 13.1. The molecule has 0 saturated carbocycles. The van der Waals surface area contributed by atoms with E-state index in [1.165, 1.54) is 12.1 Å². The van der Waals surface area contributed by atoms with Crippen LogP contribution < -0.4 is 14.5 Å². The van der Waals surface area contributed by atoms with Crippen molar-refractivity contribution < 1.29 is 18.7 Å². The zero-order valence-corrected chi connectivity index (χ0v) is 17.3. The minimum absolute atomic E-state index is 0.0309. The van der Waals surface area contributed by atoms with Crippen LogP contribution in [0.3, 0.4) is 0 Å². The molecule has 0 radical (unpaired) electrons. The largest absolute Gasteiger partial charge is 0.476 e. The number of hydrogen-bond donors (Lipinski definition) is 0. The molecule has 0 unspecified atom stereocenters. The van der Waals surface area contributed by atoms with Crippen LogP contribution in [0, 0.1) is 5.82 Å². The second-order valence-corrected chi connectivity index (χ2v) is 8.13. The molecule has 0 spiro atoms. The summed E-state index contributed by atoms with van der Waals surface area (Å²) < 4.78 is 19.0. The smallest absolute Gasteiger partial charge is 0.270 e. The summed E-state index contributed by atoms with van der Waals surface area (Å²) >= 11 is 0. The van der Waals surface area contributed by atoms with E-state index in [-0.39, 0.29) is 24.1 Å². The average molecular weight is 411 g/mol. The van der Waals surface area contributed by atoms with Crippen LogP contribution >= 0.6 is 0 Å². The highest BCUT2D eigenvalue weighted by Gasteiger charge is 2.40. The fourth-order valence-corrected chi connectivity index (χ4v) is 3.97. The number of fused-ring (bicyclic) bond motifs is 1. The van der Waals surface area contributed by atoms with Crippen molar-refractivity contribution in [2.75, 3.05) is 42.5 Å². The molecule has 0 N–H and O–H groups in total. The van der Waals surface area contributed by atoms with Crippen LogP contribution in [0.1, 0.15) is 20.3 Å². The van der Waals surface area contributed by atoms with Crippen molar-refractivity contribution in [1.82, 2.24) is 4.90 Å². The van der Waals surface area contributed by atoms with Crippen molar-refractivity contribution >= 4 is 23.2 Å². The quantitative estimate of drug-likeness (QED) is 0.776. The number of rotatable bonds is 4. The van der Waals surface area contributed by atoms with E-state index in [1.54, 1.807) is 30.9 Å². The Kier molecular flexibility index (Phi) is 5.37. The summed E-state index contributed by atoms with van der Waals surface area (Å²) in [6.45, 7) is 6.42. The van der Waals surface area contributed by atoms with Gasteiger partial charge in [0, 0.05) is 44.8 Å². The highest BCUT2D eigenvalue weighted by Crippen LogP contribution is 2.37. The predicted molar refractivity (Wildman–Crippen MR) is 113 cm³/mol. The molecule has 0 atom stereocenters. The Morgan fingerprint density at radius 2 is 1.70 bits per heavy atom. The Hall–Kier alpha value is -3.09. The van der Waals surface area contributed by atoms with Crippen molar-refractivity contribution in [3.8, 4) is 5.75 Å². The molecule has 158 valence electrons. The summed E-state index contributed by atoms with van der Waals surface area (Å²) in [5.41, 5.74) is 0.704. The summed E-state index contributed by atoms with van der Waals surface area (Å²) in [7, 11) is 0. The molecule has 1 saturated heterocycles. The molecule has 6 nitrogen and oxygen atoms in total. The monoisotopic (exact) mass is 411 g/mol. The van der Waals surface area contributed by atoms with E-state index in [2.05, 4.69) is 4.90 Å². The number of ether oxygens (including phenoxy) is 1. The molecule has 0 aliphatic carbocycles. The molecule has 2 aromatic carbocycles. The number of hydrogen-bond acceptors (Lipinski definition) is 4. The summed E-state index contributed by atoms with van der Waals surface area (Å²) in [5.74, 6) is 0.288. The number of amides is 2. The van der Waals surface area contributed by atoms with Crippen LogP contribution in [0.15, 0.2) is 48.5 Å². The van der Waals surface area contributed by atoms with E-state index in [0.717, 1.165) is 5.69 Å². The van der Waals surface area contributed by atoms with Gasteiger partial charge in [-0.1, -0.05) is 12.1 Å². The van der Waals surface area contributed by atoms with E-state index >= 15 is 0 Å². The molecule has 2 amide bonds. The van der Waals surface area contributed by atoms with E-state index in [4.69, 9.17) is 4.74 Å². The summed E-state index contributed by atoms with van der Waals surface area (Å²) in [6, 6.07) is 13.8. The molecular formula is C23H26FN3O3. The predicted octanol–water partition coefficient (Wildman–Crippen LogP) is 3.07. The van der Waals surface area contributed by atoms with Crippen molar-refractivity contribution in [3.05, 3.63) is 54.3 Å². The third-order valence-corrected chi connectivity index (χ3v) is 5.65. The van der Waals surface area contributed by atoms with E-state index in [9.17, 15) is 14.0 Å². The first-order valence-electron chi connectivity index (χ1n) is 10.2. The van der Waals surface area contributed by atoms with Gasteiger partial charge in [0.1, 0.15) is 11.6 Å². The SMILES string of the molecule is CC1(C)Oc2ccccc2N(CCC(=O)N2CCN(c3ccc(F)cc3)CC2)C1=O. The first kappa shape index (κ1) is 20.2. The molecule has 2 aliphatic heterocycles. The number of para-hydroxylation sites is 2. The maximum atomic E-state index is 13.1. The van der Waals surface area contributed by atoms with Crippen LogP contribution in [0.5, 0.6) is 5.75 Å². The average Bonchev–Trinajstić information content (AvgIpc) is 2.74. The lowest BCUT2D eigenvalue weighted by Gasteiger charge is -2.39. The number of carbonyl (C=O) groups excluding carboxylic acids is 2. The molecule has 2 aliphatic rings. The van der Waals surface area contributed by atoms with Gasteiger partial charge in [0.05, 0.1) is 5.69 Å². The van der Waals surface area contributed by atoms with Gasteiger partial charge >= 0.3 is 0 Å². The van der Waals surface area contributed by atoms with Gasteiger partial charge in [0.25, 0.3) is 5.91 Å². The topological polar surface area (TPSA) is 53.1 Å². The molecule has 7 heteroatoms. The number of halogens is 1.